The van der Waals surface area contributed by atoms with Crippen molar-refractivity contribution in [3.05, 3.63) is 58.9 Å². The minimum absolute atomic E-state index is 0.197. The van der Waals surface area contributed by atoms with Crippen LogP contribution in [0.1, 0.15) is 5.56 Å². The van der Waals surface area contributed by atoms with Crippen LogP contribution in [0.15, 0.2) is 52.3 Å². The van der Waals surface area contributed by atoms with Gasteiger partial charge in [-0.2, -0.15) is 0 Å². The zero-order chi connectivity index (χ0) is 12.3. The fourth-order valence-corrected chi connectivity index (χ4v) is 2.56. The highest BCUT2D eigenvalue weighted by molar-refractivity contribution is 7.99. The van der Waals surface area contributed by atoms with Gasteiger partial charge < -0.3 is 5.73 Å². The third-order valence-corrected chi connectivity index (χ3v) is 3.68. The minimum Gasteiger partial charge on any atom is -0.326 e. The quantitative estimate of drug-likeness (QED) is 0.906. The van der Waals surface area contributed by atoms with Crippen LogP contribution in [0, 0.1) is 5.82 Å². The second kappa shape index (κ2) is 5.54. The molecule has 0 saturated heterocycles. The molecule has 0 aromatic heterocycles. The lowest BCUT2D eigenvalue weighted by molar-refractivity contribution is 0.604. The molecule has 0 aliphatic carbocycles. The molecular formula is C13H11ClFNS. The Balaban J connectivity index is 2.29. The SMILES string of the molecule is NCc1c(F)cccc1Sc1ccc(Cl)cc1. The normalized spacial score (nSPS) is 10.5. The Bertz CT molecular complexity index is 513. The lowest BCUT2D eigenvalue weighted by Gasteiger charge is -2.08. The van der Waals surface area contributed by atoms with Crippen molar-refractivity contribution in [3.8, 4) is 0 Å². The van der Waals surface area contributed by atoms with Crippen LogP contribution in [0.5, 0.6) is 0 Å². The summed E-state index contributed by atoms with van der Waals surface area (Å²) >= 11 is 7.29. The number of rotatable bonds is 3. The monoisotopic (exact) mass is 267 g/mol. The van der Waals surface area contributed by atoms with Crippen molar-refractivity contribution >= 4 is 23.4 Å². The van der Waals surface area contributed by atoms with Crippen LogP contribution >= 0.6 is 23.4 Å². The van der Waals surface area contributed by atoms with Crippen LogP contribution in [0.25, 0.3) is 0 Å². The number of nitrogens with two attached hydrogens (primary N) is 1. The van der Waals surface area contributed by atoms with Gasteiger partial charge in [0.05, 0.1) is 0 Å². The van der Waals surface area contributed by atoms with E-state index in [-0.39, 0.29) is 12.4 Å². The van der Waals surface area contributed by atoms with Crippen LogP contribution in [-0.2, 0) is 6.54 Å². The summed E-state index contributed by atoms with van der Waals surface area (Å²) in [7, 11) is 0. The van der Waals surface area contributed by atoms with E-state index in [0.717, 1.165) is 9.79 Å². The van der Waals surface area contributed by atoms with E-state index < -0.39 is 0 Å². The molecule has 0 bridgehead atoms. The molecule has 0 unspecified atom stereocenters. The van der Waals surface area contributed by atoms with Crippen molar-refractivity contribution < 1.29 is 4.39 Å². The maximum atomic E-state index is 13.5. The third kappa shape index (κ3) is 3.00. The second-order valence-corrected chi connectivity index (χ2v) is 5.03. The fraction of sp³-hybridized carbons (Fsp3) is 0.0769. The van der Waals surface area contributed by atoms with Crippen LogP contribution in [0.3, 0.4) is 0 Å². The summed E-state index contributed by atoms with van der Waals surface area (Å²) in [5.74, 6) is -0.258. The standard InChI is InChI=1S/C13H11ClFNS/c14-9-4-6-10(7-5-9)17-13-3-1-2-12(15)11(13)8-16/h1-7H,8,16H2. The van der Waals surface area contributed by atoms with Crippen LogP contribution in [0.2, 0.25) is 5.02 Å². The van der Waals surface area contributed by atoms with Gasteiger partial charge in [-0.1, -0.05) is 29.4 Å². The van der Waals surface area contributed by atoms with Gasteiger partial charge in [0, 0.05) is 26.9 Å². The highest BCUT2D eigenvalue weighted by Gasteiger charge is 2.07. The van der Waals surface area contributed by atoms with E-state index in [0.29, 0.717) is 10.6 Å². The fourth-order valence-electron chi connectivity index (χ4n) is 1.46. The van der Waals surface area contributed by atoms with E-state index in [1.165, 1.54) is 17.8 Å². The molecule has 0 fully saturated rings. The molecule has 0 aliphatic rings. The van der Waals surface area contributed by atoms with Crippen molar-refractivity contribution in [2.24, 2.45) is 5.73 Å². The van der Waals surface area contributed by atoms with Gasteiger partial charge >= 0.3 is 0 Å². The van der Waals surface area contributed by atoms with Gasteiger partial charge in [-0.15, -0.1) is 0 Å². The van der Waals surface area contributed by atoms with Crippen molar-refractivity contribution in [2.75, 3.05) is 0 Å². The second-order valence-electron chi connectivity index (χ2n) is 3.48. The molecule has 2 aromatic carbocycles. The smallest absolute Gasteiger partial charge is 0.128 e. The Morgan fingerprint density at radius 3 is 2.47 bits per heavy atom. The zero-order valence-electron chi connectivity index (χ0n) is 8.99. The Morgan fingerprint density at radius 2 is 1.82 bits per heavy atom. The summed E-state index contributed by atoms with van der Waals surface area (Å²) in [4.78, 5) is 1.85. The maximum Gasteiger partial charge on any atom is 0.128 e. The molecule has 0 spiro atoms. The molecule has 1 nitrogen and oxygen atoms in total. The van der Waals surface area contributed by atoms with Gasteiger partial charge in [-0.3, -0.25) is 0 Å². The number of hydrogen-bond acceptors (Lipinski definition) is 2. The van der Waals surface area contributed by atoms with Crippen LogP contribution < -0.4 is 5.73 Å². The number of halogens is 2. The van der Waals surface area contributed by atoms with E-state index in [1.54, 1.807) is 6.07 Å². The summed E-state index contributed by atoms with van der Waals surface area (Å²) in [5.41, 5.74) is 6.10. The molecule has 17 heavy (non-hydrogen) atoms. The molecule has 0 atom stereocenters. The molecule has 2 rings (SSSR count). The first kappa shape index (κ1) is 12.4. The predicted octanol–water partition coefficient (Wildman–Crippen LogP) is 4.09. The van der Waals surface area contributed by atoms with Crippen molar-refractivity contribution in [3.63, 3.8) is 0 Å². The van der Waals surface area contributed by atoms with E-state index in [1.807, 2.05) is 30.3 Å². The Kier molecular flexibility index (Phi) is 4.05. The highest BCUT2D eigenvalue weighted by Crippen LogP contribution is 2.32. The molecule has 0 radical (unpaired) electrons. The average molecular weight is 268 g/mol. The first-order chi connectivity index (χ1) is 8.20. The van der Waals surface area contributed by atoms with E-state index in [9.17, 15) is 4.39 Å². The molecule has 2 N–H and O–H groups in total. The van der Waals surface area contributed by atoms with Gasteiger partial charge in [0.1, 0.15) is 5.82 Å². The van der Waals surface area contributed by atoms with Gasteiger partial charge in [-0.05, 0) is 36.4 Å². The van der Waals surface area contributed by atoms with Gasteiger partial charge in [-0.25, -0.2) is 4.39 Å². The molecule has 4 heteroatoms. The van der Waals surface area contributed by atoms with Gasteiger partial charge in [0.15, 0.2) is 0 Å². The van der Waals surface area contributed by atoms with Crippen molar-refractivity contribution in [1.82, 2.24) is 0 Å². The molecule has 2 aromatic rings. The average Bonchev–Trinajstić information content (AvgIpc) is 2.32. The number of benzene rings is 2. The first-order valence-electron chi connectivity index (χ1n) is 5.11. The molecule has 0 aliphatic heterocycles. The van der Waals surface area contributed by atoms with Crippen molar-refractivity contribution in [1.29, 1.82) is 0 Å². The van der Waals surface area contributed by atoms with Gasteiger partial charge in [0.2, 0.25) is 0 Å². The lowest BCUT2D eigenvalue weighted by Crippen LogP contribution is -2.01. The predicted molar refractivity (Wildman–Crippen MR) is 69.9 cm³/mol. The Labute approximate surface area is 109 Å². The minimum atomic E-state index is -0.258. The molecular weight excluding hydrogens is 257 g/mol. The molecule has 0 amide bonds. The lowest BCUT2D eigenvalue weighted by atomic mass is 10.2. The van der Waals surface area contributed by atoms with E-state index >= 15 is 0 Å². The largest absolute Gasteiger partial charge is 0.326 e. The molecule has 0 saturated carbocycles. The third-order valence-electron chi connectivity index (χ3n) is 2.32. The first-order valence-corrected chi connectivity index (χ1v) is 6.31. The summed E-state index contributed by atoms with van der Waals surface area (Å²) in [5, 5.41) is 0.688. The summed E-state index contributed by atoms with van der Waals surface area (Å²) in [6.07, 6.45) is 0. The highest BCUT2D eigenvalue weighted by atomic mass is 35.5. The maximum absolute atomic E-state index is 13.5. The summed E-state index contributed by atoms with van der Waals surface area (Å²) in [6, 6.07) is 12.4. The van der Waals surface area contributed by atoms with E-state index in [2.05, 4.69) is 0 Å². The summed E-state index contributed by atoms with van der Waals surface area (Å²) < 4.78 is 13.5. The van der Waals surface area contributed by atoms with E-state index in [4.69, 9.17) is 17.3 Å². The summed E-state index contributed by atoms with van der Waals surface area (Å²) in [6.45, 7) is 0.197. The Morgan fingerprint density at radius 1 is 1.12 bits per heavy atom. The van der Waals surface area contributed by atoms with Crippen LogP contribution in [0.4, 0.5) is 4.39 Å². The molecule has 0 heterocycles. The van der Waals surface area contributed by atoms with Crippen LogP contribution in [-0.4, -0.2) is 0 Å². The van der Waals surface area contributed by atoms with Gasteiger partial charge in [0.25, 0.3) is 0 Å². The number of hydrogen-bond donors (Lipinski definition) is 1. The zero-order valence-corrected chi connectivity index (χ0v) is 10.6. The topological polar surface area (TPSA) is 26.0 Å². The Hall–Kier alpha value is -1.03. The van der Waals surface area contributed by atoms with Crippen molar-refractivity contribution in [2.45, 2.75) is 16.3 Å². The molecule has 88 valence electrons.